The van der Waals surface area contributed by atoms with Gasteiger partial charge in [-0.1, -0.05) is 88.1 Å². The number of sulfone groups is 1. The zero-order valence-corrected chi connectivity index (χ0v) is 20.5. The number of benzene rings is 2. The highest BCUT2D eigenvalue weighted by atomic mass is 32.2. The van der Waals surface area contributed by atoms with Gasteiger partial charge in [0.1, 0.15) is 0 Å². The van der Waals surface area contributed by atoms with Gasteiger partial charge in [-0.15, -0.1) is 0 Å². The normalized spacial score (nSPS) is 12.3. The second-order valence-corrected chi connectivity index (χ2v) is 10.1. The van der Waals surface area contributed by atoms with Crippen molar-refractivity contribution >= 4 is 9.84 Å². The minimum atomic E-state index is -3.61. The van der Waals surface area contributed by atoms with Crippen molar-refractivity contribution in [2.24, 2.45) is 0 Å². The zero-order chi connectivity index (χ0) is 22.7. The topological polar surface area (TPSA) is 34.1 Å². The van der Waals surface area contributed by atoms with E-state index in [-0.39, 0.29) is 0 Å². The fraction of sp³-hybridized carbons (Fsp3) is 0.429. The molecule has 0 aliphatic carbocycles. The summed E-state index contributed by atoms with van der Waals surface area (Å²) in [5, 5.41) is 0. The van der Waals surface area contributed by atoms with Crippen molar-refractivity contribution in [2.45, 2.75) is 88.9 Å². The van der Waals surface area contributed by atoms with Crippen LogP contribution in [0.2, 0.25) is 0 Å². The van der Waals surface area contributed by atoms with Gasteiger partial charge in [0.2, 0.25) is 9.84 Å². The van der Waals surface area contributed by atoms with E-state index in [1.807, 2.05) is 38.1 Å². The summed E-state index contributed by atoms with van der Waals surface area (Å²) in [6, 6.07) is 11.2. The molecule has 2 aromatic carbocycles. The Labute approximate surface area is 190 Å². The van der Waals surface area contributed by atoms with Gasteiger partial charge >= 0.3 is 0 Å². The summed E-state index contributed by atoms with van der Waals surface area (Å²) < 4.78 is 27.6. The molecule has 0 unspecified atom stereocenters. The third-order valence-corrected chi connectivity index (χ3v) is 7.66. The van der Waals surface area contributed by atoms with E-state index in [2.05, 4.69) is 38.2 Å². The Morgan fingerprint density at radius 2 is 1.10 bits per heavy atom. The molecule has 31 heavy (non-hydrogen) atoms. The van der Waals surface area contributed by atoms with Gasteiger partial charge < -0.3 is 0 Å². The van der Waals surface area contributed by atoms with Crippen LogP contribution in [0.4, 0.5) is 0 Å². The van der Waals surface area contributed by atoms with Crippen LogP contribution in [-0.4, -0.2) is 8.42 Å². The molecule has 0 radical (unpaired) electrons. The zero-order valence-electron chi connectivity index (χ0n) is 19.7. The molecule has 0 amide bonds. The standard InChI is InChI=1S/C28H38O2S/c1-5-7-9-11-13-19-25-23(3)17-15-21-27(25)31(29,30)28-22-16-18-24(4)26(28)20-14-12-10-8-6-2/h11-18,21-22H,5-10,19-20H2,1-4H3. The maximum Gasteiger partial charge on any atom is 0.207 e. The Morgan fingerprint density at radius 1 is 0.677 bits per heavy atom. The molecule has 0 atom stereocenters. The first kappa shape index (κ1) is 25.1. The first-order valence-electron chi connectivity index (χ1n) is 11.7. The fourth-order valence-electron chi connectivity index (χ4n) is 3.78. The van der Waals surface area contributed by atoms with E-state index in [9.17, 15) is 8.42 Å². The minimum Gasteiger partial charge on any atom is -0.218 e. The van der Waals surface area contributed by atoms with Crippen LogP contribution in [0.1, 0.15) is 74.6 Å². The molecule has 0 aromatic heterocycles. The van der Waals surface area contributed by atoms with Crippen LogP contribution in [0, 0.1) is 13.8 Å². The Balaban J connectivity index is 2.42. The summed E-state index contributed by atoms with van der Waals surface area (Å²) in [6.07, 6.45) is 16.6. The fourth-order valence-corrected chi connectivity index (χ4v) is 5.67. The van der Waals surface area contributed by atoms with E-state index in [1.165, 1.54) is 0 Å². The number of unbranched alkanes of at least 4 members (excludes halogenated alkanes) is 4. The second kappa shape index (κ2) is 12.7. The van der Waals surface area contributed by atoms with Crippen LogP contribution in [0.3, 0.4) is 0 Å². The van der Waals surface area contributed by atoms with E-state index in [0.717, 1.165) is 60.8 Å². The molecule has 0 bridgehead atoms. The van der Waals surface area contributed by atoms with Crippen molar-refractivity contribution < 1.29 is 8.42 Å². The molecule has 0 fully saturated rings. The van der Waals surface area contributed by atoms with Crippen molar-refractivity contribution in [3.8, 4) is 0 Å². The van der Waals surface area contributed by atoms with Crippen LogP contribution in [0.25, 0.3) is 0 Å². The lowest BCUT2D eigenvalue weighted by Crippen LogP contribution is -2.10. The highest BCUT2D eigenvalue weighted by Gasteiger charge is 2.24. The molecule has 0 spiro atoms. The molecule has 0 saturated carbocycles. The molecular weight excluding hydrogens is 400 g/mol. The summed E-state index contributed by atoms with van der Waals surface area (Å²) in [5.41, 5.74) is 3.85. The molecule has 0 aliphatic rings. The lowest BCUT2D eigenvalue weighted by molar-refractivity contribution is 0.594. The summed E-state index contributed by atoms with van der Waals surface area (Å²) in [6.45, 7) is 8.36. The van der Waals surface area contributed by atoms with E-state index in [1.54, 1.807) is 12.1 Å². The molecule has 0 heterocycles. The van der Waals surface area contributed by atoms with Gasteiger partial charge in [-0.2, -0.15) is 0 Å². The monoisotopic (exact) mass is 438 g/mol. The molecule has 168 valence electrons. The van der Waals surface area contributed by atoms with Crippen LogP contribution >= 0.6 is 0 Å². The van der Waals surface area contributed by atoms with Crippen molar-refractivity contribution in [1.82, 2.24) is 0 Å². The largest absolute Gasteiger partial charge is 0.218 e. The van der Waals surface area contributed by atoms with Crippen molar-refractivity contribution in [1.29, 1.82) is 0 Å². The lowest BCUT2D eigenvalue weighted by Gasteiger charge is -2.16. The number of aryl methyl sites for hydroxylation is 2. The average Bonchev–Trinajstić information content (AvgIpc) is 2.75. The molecule has 3 heteroatoms. The Kier molecular flexibility index (Phi) is 10.3. The highest BCUT2D eigenvalue weighted by Crippen LogP contribution is 2.31. The summed E-state index contributed by atoms with van der Waals surface area (Å²) in [4.78, 5) is 0.879. The number of hydrogen-bond acceptors (Lipinski definition) is 2. The number of hydrogen-bond donors (Lipinski definition) is 0. The van der Waals surface area contributed by atoms with Crippen LogP contribution < -0.4 is 0 Å². The second-order valence-electron chi connectivity index (χ2n) is 8.24. The number of allylic oxidation sites excluding steroid dienone is 4. The predicted octanol–water partition coefficient (Wildman–Crippen LogP) is 7.71. The van der Waals surface area contributed by atoms with Crippen molar-refractivity contribution in [3.05, 3.63) is 83.0 Å². The molecule has 2 aromatic rings. The Bertz CT molecular complexity index is 922. The maximum absolute atomic E-state index is 13.8. The quantitative estimate of drug-likeness (QED) is 0.251. The maximum atomic E-state index is 13.8. The first-order chi connectivity index (χ1) is 14.9. The van der Waals surface area contributed by atoms with Crippen LogP contribution in [0.5, 0.6) is 0 Å². The Hall–Kier alpha value is -2.13. The van der Waals surface area contributed by atoms with Gasteiger partial charge in [-0.05, 0) is 73.9 Å². The van der Waals surface area contributed by atoms with Gasteiger partial charge in [-0.3, -0.25) is 0 Å². The molecular formula is C28H38O2S. The highest BCUT2D eigenvalue weighted by molar-refractivity contribution is 7.91. The minimum absolute atomic E-state index is 0.439. The molecule has 0 aliphatic heterocycles. The van der Waals surface area contributed by atoms with E-state index >= 15 is 0 Å². The summed E-state index contributed by atoms with van der Waals surface area (Å²) >= 11 is 0. The molecule has 0 N–H and O–H groups in total. The van der Waals surface area contributed by atoms with Crippen molar-refractivity contribution in [2.75, 3.05) is 0 Å². The van der Waals surface area contributed by atoms with E-state index in [0.29, 0.717) is 22.6 Å². The van der Waals surface area contributed by atoms with Gasteiger partial charge in [0.05, 0.1) is 9.79 Å². The summed E-state index contributed by atoms with van der Waals surface area (Å²) in [7, 11) is -3.61. The third kappa shape index (κ3) is 6.93. The first-order valence-corrected chi connectivity index (χ1v) is 13.1. The van der Waals surface area contributed by atoms with Gasteiger partial charge in [0, 0.05) is 0 Å². The molecule has 2 rings (SSSR count). The number of rotatable bonds is 12. The molecule has 0 saturated heterocycles. The summed E-state index contributed by atoms with van der Waals surface area (Å²) in [5.74, 6) is 0. The Morgan fingerprint density at radius 3 is 1.48 bits per heavy atom. The average molecular weight is 439 g/mol. The van der Waals surface area contributed by atoms with Crippen LogP contribution in [0.15, 0.2) is 70.5 Å². The van der Waals surface area contributed by atoms with Gasteiger partial charge in [0.15, 0.2) is 0 Å². The predicted molar refractivity (Wildman–Crippen MR) is 133 cm³/mol. The third-order valence-electron chi connectivity index (χ3n) is 5.74. The van der Waals surface area contributed by atoms with Gasteiger partial charge in [-0.25, -0.2) is 8.42 Å². The van der Waals surface area contributed by atoms with Gasteiger partial charge in [0.25, 0.3) is 0 Å². The lowest BCUT2D eigenvalue weighted by atomic mass is 10.0. The molecule has 2 nitrogen and oxygen atoms in total. The van der Waals surface area contributed by atoms with Crippen molar-refractivity contribution in [3.63, 3.8) is 0 Å². The SMILES string of the molecule is CCCCC=CCc1c(C)cccc1S(=O)(=O)c1cccc(C)c1CC=CCCCC. The van der Waals surface area contributed by atoms with E-state index < -0.39 is 9.84 Å². The van der Waals surface area contributed by atoms with Crippen LogP contribution in [-0.2, 0) is 22.7 Å². The van der Waals surface area contributed by atoms with E-state index in [4.69, 9.17) is 0 Å². The smallest absolute Gasteiger partial charge is 0.207 e.